The molecule has 0 atom stereocenters. The van der Waals surface area contributed by atoms with Crippen molar-refractivity contribution in [2.75, 3.05) is 38.8 Å². The molecular formula is C13H19N5O2. The summed E-state index contributed by atoms with van der Waals surface area (Å²) in [5.41, 5.74) is 1.94. The number of aryl methyl sites for hydroxylation is 1. The molecule has 0 saturated carbocycles. The molecule has 1 rings (SSSR count). The van der Waals surface area contributed by atoms with Crippen molar-refractivity contribution in [1.82, 2.24) is 15.5 Å². The summed E-state index contributed by atoms with van der Waals surface area (Å²) in [5, 5.41) is 19.9. The highest BCUT2D eigenvalue weighted by Gasteiger charge is 2.16. The van der Waals surface area contributed by atoms with E-state index in [0.717, 1.165) is 5.56 Å². The maximum atomic E-state index is 11.7. The molecule has 108 valence electrons. The molecule has 0 aliphatic heterocycles. The van der Waals surface area contributed by atoms with Crippen molar-refractivity contribution in [1.29, 1.82) is 5.26 Å². The first-order valence-corrected chi connectivity index (χ1v) is 6.22. The van der Waals surface area contributed by atoms with Gasteiger partial charge in [-0.3, -0.25) is 4.79 Å². The Balaban J connectivity index is 2.78. The topological polar surface area (TPSA) is 91.1 Å². The number of ether oxygens (including phenoxy) is 1. The fourth-order valence-corrected chi connectivity index (χ4v) is 1.64. The number of carbonyl (C=O) groups excluding carboxylic acids is 1. The smallest absolute Gasteiger partial charge is 0.239 e. The van der Waals surface area contributed by atoms with E-state index in [1.165, 1.54) is 0 Å². The first-order chi connectivity index (χ1) is 9.51. The molecule has 0 radical (unpaired) electrons. The number of hydrogen-bond acceptors (Lipinski definition) is 6. The highest BCUT2D eigenvalue weighted by molar-refractivity contribution is 5.81. The van der Waals surface area contributed by atoms with Crippen molar-refractivity contribution >= 4 is 11.7 Å². The van der Waals surface area contributed by atoms with Crippen molar-refractivity contribution in [3.63, 3.8) is 0 Å². The van der Waals surface area contributed by atoms with Gasteiger partial charge in [-0.15, -0.1) is 5.10 Å². The van der Waals surface area contributed by atoms with Crippen LogP contribution in [0.4, 0.5) is 5.82 Å². The summed E-state index contributed by atoms with van der Waals surface area (Å²) >= 11 is 0. The Morgan fingerprint density at radius 3 is 2.75 bits per heavy atom. The predicted octanol–water partition coefficient (Wildman–Crippen LogP) is 0.164. The highest BCUT2D eigenvalue weighted by atomic mass is 16.5. The van der Waals surface area contributed by atoms with Gasteiger partial charge in [-0.25, -0.2) is 0 Å². The van der Waals surface area contributed by atoms with Gasteiger partial charge in [-0.05, 0) is 19.4 Å². The summed E-state index contributed by atoms with van der Waals surface area (Å²) in [6, 6.07) is 2.12. The summed E-state index contributed by atoms with van der Waals surface area (Å²) in [7, 11) is 3.28. The SMILES string of the molecule is COCCNC(=O)CN(C)c1nnc(C)c(C)c1C#N. The zero-order chi connectivity index (χ0) is 15.1. The van der Waals surface area contributed by atoms with E-state index in [-0.39, 0.29) is 12.5 Å². The van der Waals surface area contributed by atoms with Crippen molar-refractivity contribution in [3.05, 3.63) is 16.8 Å². The number of carbonyl (C=O) groups is 1. The van der Waals surface area contributed by atoms with Gasteiger partial charge in [0.15, 0.2) is 5.82 Å². The van der Waals surface area contributed by atoms with Crippen LogP contribution in [0.25, 0.3) is 0 Å². The number of amides is 1. The minimum atomic E-state index is -0.159. The van der Waals surface area contributed by atoms with E-state index in [2.05, 4.69) is 21.6 Å². The summed E-state index contributed by atoms with van der Waals surface area (Å²) < 4.78 is 4.85. The summed E-state index contributed by atoms with van der Waals surface area (Å²) in [6.07, 6.45) is 0. The Kier molecular flexibility index (Phi) is 5.87. The number of rotatable bonds is 6. The molecule has 20 heavy (non-hydrogen) atoms. The Bertz CT molecular complexity index is 524. The van der Waals surface area contributed by atoms with Crippen LogP contribution in [0.3, 0.4) is 0 Å². The molecule has 0 unspecified atom stereocenters. The normalized spacial score (nSPS) is 9.95. The molecule has 7 nitrogen and oxygen atoms in total. The molecule has 1 heterocycles. The van der Waals surface area contributed by atoms with Gasteiger partial charge < -0.3 is 15.0 Å². The number of methoxy groups -OCH3 is 1. The van der Waals surface area contributed by atoms with Crippen molar-refractivity contribution in [3.8, 4) is 6.07 Å². The molecule has 1 amide bonds. The van der Waals surface area contributed by atoms with Crippen LogP contribution < -0.4 is 10.2 Å². The van der Waals surface area contributed by atoms with E-state index < -0.39 is 0 Å². The highest BCUT2D eigenvalue weighted by Crippen LogP contribution is 2.19. The number of nitrogens with one attached hydrogen (secondary N) is 1. The fourth-order valence-electron chi connectivity index (χ4n) is 1.64. The first-order valence-electron chi connectivity index (χ1n) is 6.22. The number of hydrogen-bond donors (Lipinski definition) is 1. The van der Waals surface area contributed by atoms with Crippen LogP contribution in [0, 0.1) is 25.2 Å². The molecule has 7 heteroatoms. The average Bonchev–Trinajstić information content (AvgIpc) is 2.41. The Morgan fingerprint density at radius 1 is 1.45 bits per heavy atom. The lowest BCUT2D eigenvalue weighted by Crippen LogP contribution is -2.37. The molecule has 0 bridgehead atoms. The third kappa shape index (κ3) is 3.90. The zero-order valence-electron chi connectivity index (χ0n) is 12.2. The lowest BCUT2D eigenvalue weighted by Gasteiger charge is -2.19. The van der Waals surface area contributed by atoms with Gasteiger partial charge in [0.25, 0.3) is 0 Å². The second-order valence-corrected chi connectivity index (χ2v) is 4.42. The number of nitriles is 1. The molecule has 0 saturated heterocycles. The fraction of sp³-hybridized carbons (Fsp3) is 0.538. The van der Waals surface area contributed by atoms with Gasteiger partial charge in [0.05, 0.1) is 18.8 Å². The quantitative estimate of drug-likeness (QED) is 0.745. The molecule has 0 spiro atoms. The molecule has 1 aromatic rings. The van der Waals surface area contributed by atoms with Gasteiger partial charge in [0.2, 0.25) is 5.91 Å². The van der Waals surface area contributed by atoms with E-state index in [1.54, 1.807) is 26.0 Å². The van der Waals surface area contributed by atoms with E-state index in [4.69, 9.17) is 4.74 Å². The largest absolute Gasteiger partial charge is 0.383 e. The Morgan fingerprint density at radius 2 is 2.15 bits per heavy atom. The minimum absolute atomic E-state index is 0.107. The maximum Gasteiger partial charge on any atom is 0.239 e. The molecule has 1 N–H and O–H groups in total. The van der Waals surface area contributed by atoms with E-state index in [9.17, 15) is 10.1 Å². The van der Waals surface area contributed by atoms with Crippen molar-refractivity contribution in [2.45, 2.75) is 13.8 Å². The van der Waals surface area contributed by atoms with Gasteiger partial charge in [0.1, 0.15) is 11.6 Å². The molecule has 0 aliphatic carbocycles. The monoisotopic (exact) mass is 277 g/mol. The molecule has 0 aliphatic rings. The molecule has 0 aromatic carbocycles. The third-order valence-corrected chi connectivity index (χ3v) is 2.92. The van der Waals surface area contributed by atoms with Gasteiger partial charge in [-0.1, -0.05) is 0 Å². The number of anilines is 1. The number of likely N-dealkylation sites (N-methyl/N-ethyl adjacent to an activating group) is 1. The first kappa shape index (κ1) is 15.9. The van der Waals surface area contributed by atoms with E-state index >= 15 is 0 Å². The summed E-state index contributed by atoms with van der Waals surface area (Å²) in [5.74, 6) is 0.256. The Labute approximate surface area is 118 Å². The van der Waals surface area contributed by atoms with Crippen LogP contribution in [0.5, 0.6) is 0 Å². The molecule has 1 aromatic heterocycles. The van der Waals surface area contributed by atoms with E-state index in [1.807, 2.05) is 6.92 Å². The van der Waals surface area contributed by atoms with Gasteiger partial charge in [0, 0.05) is 20.7 Å². The summed E-state index contributed by atoms with van der Waals surface area (Å²) in [6.45, 7) is 4.63. The van der Waals surface area contributed by atoms with Gasteiger partial charge >= 0.3 is 0 Å². The lowest BCUT2D eigenvalue weighted by atomic mass is 10.1. The van der Waals surface area contributed by atoms with Crippen LogP contribution in [-0.4, -0.2) is 50.0 Å². The zero-order valence-corrected chi connectivity index (χ0v) is 12.2. The molecule has 0 fully saturated rings. The van der Waals surface area contributed by atoms with Crippen molar-refractivity contribution in [2.24, 2.45) is 0 Å². The lowest BCUT2D eigenvalue weighted by molar-refractivity contribution is -0.119. The van der Waals surface area contributed by atoms with Crippen LogP contribution >= 0.6 is 0 Å². The van der Waals surface area contributed by atoms with Crippen LogP contribution in [-0.2, 0) is 9.53 Å². The van der Waals surface area contributed by atoms with Crippen LogP contribution in [0.15, 0.2) is 0 Å². The second-order valence-electron chi connectivity index (χ2n) is 4.42. The predicted molar refractivity (Wildman–Crippen MR) is 74.4 cm³/mol. The average molecular weight is 277 g/mol. The standard InChI is InChI=1S/C13H19N5O2/c1-9-10(2)16-17-13(11(9)7-14)18(3)8-12(19)15-5-6-20-4/h5-6,8H2,1-4H3,(H,15,19). The maximum absolute atomic E-state index is 11.7. The van der Waals surface area contributed by atoms with Gasteiger partial charge in [-0.2, -0.15) is 10.4 Å². The second kappa shape index (κ2) is 7.40. The van der Waals surface area contributed by atoms with Crippen molar-refractivity contribution < 1.29 is 9.53 Å². The third-order valence-electron chi connectivity index (χ3n) is 2.92. The number of nitrogens with zero attached hydrogens (tertiary/aromatic N) is 4. The molecular weight excluding hydrogens is 258 g/mol. The van der Waals surface area contributed by atoms with E-state index in [0.29, 0.717) is 30.2 Å². The number of aromatic nitrogens is 2. The summed E-state index contributed by atoms with van der Waals surface area (Å²) in [4.78, 5) is 13.3. The van der Waals surface area contributed by atoms with Crippen LogP contribution in [0.1, 0.15) is 16.8 Å². The Hall–Kier alpha value is -2.20. The minimum Gasteiger partial charge on any atom is -0.383 e. The van der Waals surface area contributed by atoms with Crippen LogP contribution in [0.2, 0.25) is 0 Å².